The Bertz CT molecular complexity index is 272. The van der Waals surface area contributed by atoms with Crippen molar-refractivity contribution in [3.63, 3.8) is 0 Å². The molecule has 0 bridgehead atoms. The Labute approximate surface area is 104 Å². The Balaban J connectivity index is 2.26. The van der Waals surface area contributed by atoms with E-state index in [1.165, 1.54) is 7.11 Å². The molecule has 1 heterocycles. The van der Waals surface area contributed by atoms with E-state index in [0.717, 1.165) is 19.4 Å². The Hall–Kier alpha value is -0.820. The van der Waals surface area contributed by atoms with Crippen LogP contribution in [0.2, 0.25) is 0 Å². The molecule has 1 aliphatic heterocycles. The zero-order valence-electron chi connectivity index (χ0n) is 10.4. The Morgan fingerprint density at radius 3 is 2.83 bits per heavy atom. The van der Waals surface area contributed by atoms with Crippen molar-refractivity contribution >= 4 is 5.97 Å². The highest BCUT2D eigenvalue weighted by molar-refractivity contribution is 5.69. The average molecular weight is 268 g/mol. The minimum atomic E-state index is -4.17. The van der Waals surface area contributed by atoms with Crippen molar-refractivity contribution < 1.29 is 22.7 Å². The number of hydrogen-bond donors (Lipinski definition) is 1. The Morgan fingerprint density at radius 1 is 1.50 bits per heavy atom. The number of piperidine rings is 1. The molecule has 0 aromatic heterocycles. The van der Waals surface area contributed by atoms with E-state index >= 15 is 0 Å². The molecule has 18 heavy (non-hydrogen) atoms. The van der Waals surface area contributed by atoms with Crippen molar-refractivity contribution in [2.75, 3.05) is 33.3 Å². The number of methoxy groups -OCH3 is 1. The van der Waals surface area contributed by atoms with Crippen LogP contribution in [0.5, 0.6) is 0 Å². The zero-order valence-corrected chi connectivity index (χ0v) is 10.4. The summed E-state index contributed by atoms with van der Waals surface area (Å²) in [6.45, 7) is 0.952. The van der Waals surface area contributed by atoms with Crippen molar-refractivity contribution in [2.24, 2.45) is 0 Å². The van der Waals surface area contributed by atoms with E-state index in [1.54, 1.807) is 0 Å². The molecule has 106 valence electrons. The Kier molecular flexibility index (Phi) is 5.87. The standard InChI is InChI=1S/C11H19F3N2O2/c1-18-10(17)4-6-16-5-2-3-9(7-16)15-8-11(12,13)14/h9,15H,2-8H2,1H3. The number of nitrogens with zero attached hydrogens (tertiary/aromatic N) is 1. The maximum absolute atomic E-state index is 12.1. The second-order valence-electron chi connectivity index (χ2n) is 4.46. The lowest BCUT2D eigenvalue weighted by atomic mass is 10.1. The highest BCUT2D eigenvalue weighted by atomic mass is 19.4. The average Bonchev–Trinajstić information content (AvgIpc) is 2.33. The normalized spacial score (nSPS) is 21.9. The van der Waals surface area contributed by atoms with E-state index in [4.69, 9.17) is 0 Å². The summed E-state index contributed by atoms with van der Waals surface area (Å²) in [6, 6.07) is -0.155. The van der Waals surface area contributed by atoms with Gasteiger partial charge in [0.1, 0.15) is 0 Å². The van der Waals surface area contributed by atoms with Gasteiger partial charge in [-0.25, -0.2) is 0 Å². The fraction of sp³-hybridized carbons (Fsp3) is 0.909. The number of likely N-dealkylation sites (tertiary alicyclic amines) is 1. The van der Waals surface area contributed by atoms with Crippen molar-refractivity contribution in [1.29, 1.82) is 0 Å². The minimum absolute atomic E-state index is 0.155. The molecule has 1 fully saturated rings. The Morgan fingerprint density at radius 2 is 2.22 bits per heavy atom. The minimum Gasteiger partial charge on any atom is -0.469 e. The lowest BCUT2D eigenvalue weighted by molar-refractivity contribution is -0.141. The lowest BCUT2D eigenvalue weighted by Gasteiger charge is -2.33. The summed E-state index contributed by atoms with van der Waals surface area (Å²) < 4.78 is 40.7. The largest absolute Gasteiger partial charge is 0.469 e. The van der Waals surface area contributed by atoms with E-state index in [9.17, 15) is 18.0 Å². The second-order valence-corrected chi connectivity index (χ2v) is 4.46. The predicted molar refractivity (Wildman–Crippen MR) is 60.2 cm³/mol. The van der Waals surface area contributed by atoms with Crippen LogP contribution in [0.4, 0.5) is 13.2 Å². The number of rotatable bonds is 5. The van der Waals surface area contributed by atoms with Crippen LogP contribution in [0.1, 0.15) is 19.3 Å². The first kappa shape index (κ1) is 15.2. The van der Waals surface area contributed by atoms with E-state index in [0.29, 0.717) is 13.1 Å². The lowest BCUT2D eigenvalue weighted by Crippen LogP contribution is -2.48. The summed E-state index contributed by atoms with van der Waals surface area (Å²) in [4.78, 5) is 13.0. The molecule has 0 aromatic carbocycles. The fourth-order valence-corrected chi connectivity index (χ4v) is 2.04. The molecule has 0 radical (unpaired) electrons. The van der Waals surface area contributed by atoms with E-state index in [2.05, 4.69) is 10.1 Å². The number of alkyl halides is 3. The van der Waals surface area contributed by atoms with Gasteiger partial charge in [-0.2, -0.15) is 13.2 Å². The van der Waals surface area contributed by atoms with Gasteiger partial charge in [-0.15, -0.1) is 0 Å². The van der Waals surface area contributed by atoms with Gasteiger partial charge in [-0.05, 0) is 19.4 Å². The van der Waals surface area contributed by atoms with Crippen molar-refractivity contribution in [1.82, 2.24) is 10.2 Å². The summed E-state index contributed by atoms with van der Waals surface area (Å²) in [6.07, 6.45) is -2.31. The number of carbonyl (C=O) groups is 1. The van der Waals surface area contributed by atoms with Gasteiger partial charge >= 0.3 is 12.1 Å². The first-order chi connectivity index (χ1) is 8.40. The molecule has 1 unspecified atom stereocenters. The first-order valence-electron chi connectivity index (χ1n) is 6.00. The number of esters is 1. The number of hydrogen-bond acceptors (Lipinski definition) is 4. The van der Waals surface area contributed by atoms with Gasteiger partial charge in [0.25, 0.3) is 0 Å². The smallest absolute Gasteiger partial charge is 0.401 e. The zero-order chi connectivity index (χ0) is 13.6. The van der Waals surface area contributed by atoms with Gasteiger partial charge in [-0.1, -0.05) is 0 Å². The van der Waals surface area contributed by atoms with Gasteiger partial charge in [-0.3, -0.25) is 4.79 Å². The molecule has 0 aliphatic carbocycles. The maximum atomic E-state index is 12.1. The molecule has 0 amide bonds. The van der Waals surface area contributed by atoms with E-state index < -0.39 is 12.7 Å². The van der Waals surface area contributed by atoms with Crippen LogP contribution < -0.4 is 5.32 Å². The third-order valence-corrected chi connectivity index (χ3v) is 2.96. The molecule has 0 saturated carbocycles. The van der Waals surface area contributed by atoms with Gasteiger partial charge in [0.05, 0.1) is 20.1 Å². The number of halogens is 3. The van der Waals surface area contributed by atoms with Gasteiger partial charge in [0.2, 0.25) is 0 Å². The van der Waals surface area contributed by atoms with Crippen molar-refractivity contribution in [3.8, 4) is 0 Å². The molecule has 0 spiro atoms. The summed E-state index contributed by atoms with van der Waals surface area (Å²) in [5, 5.41) is 2.51. The molecule has 7 heteroatoms. The van der Waals surface area contributed by atoms with Crippen molar-refractivity contribution in [3.05, 3.63) is 0 Å². The van der Waals surface area contributed by atoms with Gasteiger partial charge < -0.3 is 15.0 Å². The summed E-state index contributed by atoms with van der Waals surface area (Å²) in [5.74, 6) is -0.291. The van der Waals surface area contributed by atoms with E-state index in [-0.39, 0.29) is 18.4 Å². The molecular weight excluding hydrogens is 249 g/mol. The summed E-state index contributed by atoms with van der Waals surface area (Å²) in [5.41, 5.74) is 0. The quantitative estimate of drug-likeness (QED) is 0.760. The third kappa shape index (κ3) is 6.20. The molecule has 1 aliphatic rings. The fourth-order valence-electron chi connectivity index (χ4n) is 2.04. The van der Waals surface area contributed by atoms with Crippen LogP contribution in [0.25, 0.3) is 0 Å². The van der Waals surface area contributed by atoms with E-state index in [1.807, 2.05) is 4.90 Å². The van der Waals surface area contributed by atoms with Crippen LogP contribution in [-0.4, -0.2) is 56.4 Å². The van der Waals surface area contributed by atoms with Crippen molar-refractivity contribution in [2.45, 2.75) is 31.5 Å². The second kappa shape index (κ2) is 6.94. The van der Waals surface area contributed by atoms with Gasteiger partial charge in [0, 0.05) is 19.1 Å². The predicted octanol–water partition coefficient (Wildman–Crippen LogP) is 1.17. The number of carbonyl (C=O) groups excluding carboxylic acids is 1. The van der Waals surface area contributed by atoms with Crippen LogP contribution >= 0.6 is 0 Å². The first-order valence-corrected chi connectivity index (χ1v) is 6.00. The molecule has 1 rings (SSSR count). The highest BCUT2D eigenvalue weighted by Gasteiger charge is 2.29. The molecule has 0 aromatic rings. The topological polar surface area (TPSA) is 41.6 Å². The molecule has 1 N–H and O–H groups in total. The monoisotopic (exact) mass is 268 g/mol. The molecule has 1 saturated heterocycles. The number of ether oxygens (including phenoxy) is 1. The maximum Gasteiger partial charge on any atom is 0.401 e. The molecular formula is C11H19F3N2O2. The summed E-state index contributed by atoms with van der Waals surface area (Å²) >= 11 is 0. The van der Waals surface area contributed by atoms with Gasteiger partial charge in [0.15, 0.2) is 0 Å². The molecule has 4 nitrogen and oxygen atoms in total. The van der Waals surface area contributed by atoms with Crippen LogP contribution in [0, 0.1) is 0 Å². The highest BCUT2D eigenvalue weighted by Crippen LogP contribution is 2.15. The van der Waals surface area contributed by atoms with Crippen LogP contribution in [0.15, 0.2) is 0 Å². The number of nitrogens with one attached hydrogen (secondary N) is 1. The third-order valence-electron chi connectivity index (χ3n) is 2.96. The van der Waals surface area contributed by atoms with Crippen LogP contribution in [-0.2, 0) is 9.53 Å². The molecule has 1 atom stereocenters. The van der Waals surface area contributed by atoms with Crippen LogP contribution in [0.3, 0.4) is 0 Å². The summed E-state index contributed by atoms with van der Waals surface area (Å²) in [7, 11) is 1.33. The SMILES string of the molecule is COC(=O)CCN1CCCC(NCC(F)(F)F)C1.